The standard InChI is InChI=1S/C27H24N4O2/c1-31-23-14-8-6-12-20(23)24(17-9-3-2-4-10-17)30-25(27(31)33)26(32)21(28)15-18-16-29-22-13-7-5-11-19(18)22/h2-14,16,21,25,29H,15,28H2,1H3/t21-,25?/m0/s1. The monoisotopic (exact) mass is 436 g/mol. The van der Waals surface area contributed by atoms with Gasteiger partial charge in [0, 0.05) is 35.3 Å². The number of rotatable bonds is 5. The number of fused-ring (bicyclic) bond motifs is 2. The first-order valence-electron chi connectivity index (χ1n) is 10.9. The van der Waals surface area contributed by atoms with Crippen LogP contribution in [0.5, 0.6) is 0 Å². The Morgan fingerprint density at radius 3 is 2.55 bits per heavy atom. The quantitative estimate of drug-likeness (QED) is 0.469. The summed E-state index contributed by atoms with van der Waals surface area (Å²) >= 11 is 0. The molecule has 0 bridgehead atoms. The average Bonchev–Trinajstić information content (AvgIpc) is 3.22. The summed E-state index contributed by atoms with van der Waals surface area (Å²) in [7, 11) is 1.68. The molecule has 1 aliphatic heterocycles. The maximum absolute atomic E-state index is 13.5. The summed E-state index contributed by atoms with van der Waals surface area (Å²) in [4.78, 5) is 36.3. The lowest BCUT2D eigenvalue weighted by molar-refractivity contribution is -0.129. The molecule has 1 aliphatic rings. The summed E-state index contributed by atoms with van der Waals surface area (Å²) in [6, 6.07) is 23.0. The van der Waals surface area contributed by atoms with Gasteiger partial charge in [0.2, 0.25) is 0 Å². The van der Waals surface area contributed by atoms with Gasteiger partial charge in [0.1, 0.15) is 0 Å². The molecule has 2 atom stereocenters. The van der Waals surface area contributed by atoms with Crippen molar-refractivity contribution in [2.75, 3.05) is 11.9 Å². The smallest absolute Gasteiger partial charge is 0.259 e. The number of benzene rings is 3. The molecule has 0 saturated heterocycles. The zero-order chi connectivity index (χ0) is 22.9. The number of aromatic nitrogens is 1. The molecule has 1 unspecified atom stereocenters. The minimum Gasteiger partial charge on any atom is -0.361 e. The molecule has 0 aliphatic carbocycles. The molecule has 0 saturated carbocycles. The van der Waals surface area contributed by atoms with Crippen LogP contribution in [0.2, 0.25) is 0 Å². The highest BCUT2D eigenvalue weighted by molar-refractivity contribution is 6.24. The first-order valence-corrected chi connectivity index (χ1v) is 10.9. The van der Waals surface area contributed by atoms with Crippen molar-refractivity contribution in [1.82, 2.24) is 4.98 Å². The number of para-hydroxylation sites is 2. The Kier molecular flexibility index (Phi) is 5.36. The van der Waals surface area contributed by atoms with Crippen molar-refractivity contribution in [2.45, 2.75) is 18.5 Å². The van der Waals surface area contributed by atoms with Crippen LogP contribution in [-0.4, -0.2) is 41.5 Å². The molecule has 1 aromatic heterocycles. The van der Waals surface area contributed by atoms with E-state index in [-0.39, 0.29) is 5.91 Å². The summed E-state index contributed by atoms with van der Waals surface area (Å²) in [5.74, 6) is -0.772. The van der Waals surface area contributed by atoms with E-state index in [1.807, 2.05) is 85.1 Å². The molecule has 0 spiro atoms. The molecular formula is C27H24N4O2. The summed E-state index contributed by atoms with van der Waals surface area (Å²) in [6.45, 7) is 0. The number of aromatic amines is 1. The molecule has 0 radical (unpaired) electrons. The molecular weight excluding hydrogens is 412 g/mol. The van der Waals surface area contributed by atoms with Crippen LogP contribution >= 0.6 is 0 Å². The minimum absolute atomic E-state index is 0.319. The van der Waals surface area contributed by atoms with Gasteiger partial charge < -0.3 is 15.6 Å². The molecule has 1 amide bonds. The number of amides is 1. The van der Waals surface area contributed by atoms with Crippen molar-refractivity contribution in [3.63, 3.8) is 0 Å². The van der Waals surface area contributed by atoms with Crippen LogP contribution in [0.4, 0.5) is 5.69 Å². The fourth-order valence-corrected chi connectivity index (χ4v) is 4.37. The Hall–Kier alpha value is -4.03. The van der Waals surface area contributed by atoms with Crippen LogP contribution in [0.25, 0.3) is 10.9 Å². The van der Waals surface area contributed by atoms with E-state index in [9.17, 15) is 9.59 Å². The number of H-pyrrole nitrogens is 1. The van der Waals surface area contributed by atoms with E-state index in [4.69, 9.17) is 10.7 Å². The summed E-state index contributed by atoms with van der Waals surface area (Å²) in [5, 5.41) is 1.02. The van der Waals surface area contributed by atoms with Crippen molar-refractivity contribution >= 4 is 34.0 Å². The van der Waals surface area contributed by atoms with E-state index in [1.54, 1.807) is 7.05 Å². The third-order valence-corrected chi connectivity index (χ3v) is 6.14. The highest BCUT2D eigenvalue weighted by Gasteiger charge is 2.37. The van der Waals surface area contributed by atoms with Gasteiger partial charge in [0.05, 0.1) is 17.4 Å². The molecule has 3 N–H and O–H groups in total. The van der Waals surface area contributed by atoms with E-state index in [1.165, 1.54) is 4.90 Å². The average molecular weight is 437 g/mol. The molecule has 6 heteroatoms. The Balaban J connectivity index is 1.53. The molecule has 2 heterocycles. The number of anilines is 1. The van der Waals surface area contributed by atoms with Gasteiger partial charge in [-0.25, -0.2) is 0 Å². The van der Waals surface area contributed by atoms with Crippen LogP contribution in [0.1, 0.15) is 16.7 Å². The second-order valence-electron chi connectivity index (χ2n) is 8.23. The number of nitrogens with one attached hydrogen (secondary N) is 1. The van der Waals surface area contributed by atoms with Gasteiger partial charge in [-0.2, -0.15) is 0 Å². The number of likely N-dealkylation sites (N-methyl/N-ethyl adjacent to an activating group) is 1. The summed E-state index contributed by atoms with van der Waals surface area (Å²) in [5.41, 5.74) is 11.3. The van der Waals surface area contributed by atoms with Crippen molar-refractivity contribution in [3.8, 4) is 0 Å². The third kappa shape index (κ3) is 3.75. The summed E-state index contributed by atoms with van der Waals surface area (Å²) in [6.07, 6.45) is 2.19. The zero-order valence-corrected chi connectivity index (χ0v) is 18.2. The van der Waals surface area contributed by atoms with E-state index < -0.39 is 17.9 Å². The molecule has 6 nitrogen and oxygen atoms in total. The maximum atomic E-state index is 13.5. The van der Waals surface area contributed by atoms with E-state index in [2.05, 4.69) is 4.98 Å². The lowest BCUT2D eigenvalue weighted by Gasteiger charge is -2.21. The normalized spacial score (nSPS) is 16.8. The van der Waals surface area contributed by atoms with E-state index >= 15 is 0 Å². The van der Waals surface area contributed by atoms with Gasteiger partial charge in [-0.05, 0) is 24.1 Å². The molecule has 0 fully saturated rings. The number of ketones is 1. The fourth-order valence-electron chi connectivity index (χ4n) is 4.37. The predicted octanol–water partition coefficient (Wildman–Crippen LogP) is 3.49. The van der Waals surface area contributed by atoms with Crippen LogP contribution in [0.15, 0.2) is 90.1 Å². The maximum Gasteiger partial charge on any atom is 0.259 e. The molecule has 3 aromatic carbocycles. The molecule has 164 valence electrons. The van der Waals surface area contributed by atoms with Gasteiger partial charge in [-0.1, -0.05) is 66.7 Å². The number of carbonyl (C=O) groups is 2. The number of benzodiazepines with no additional fused rings is 1. The van der Waals surface area contributed by atoms with Crippen LogP contribution in [-0.2, 0) is 16.0 Å². The highest BCUT2D eigenvalue weighted by Crippen LogP contribution is 2.28. The zero-order valence-electron chi connectivity index (χ0n) is 18.2. The number of carbonyl (C=O) groups excluding carboxylic acids is 2. The molecule has 4 aromatic rings. The Morgan fingerprint density at radius 1 is 1.03 bits per heavy atom. The topological polar surface area (TPSA) is 91.5 Å². The number of nitrogens with zero attached hydrogens (tertiary/aromatic N) is 2. The van der Waals surface area contributed by atoms with Crippen molar-refractivity contribution in [1.29, 1.82) is 0 Å². The molecule has 5 rings (SSSR count). The van der Waals surface area contributed by atoms with Gasteiger partial charge in [0.15, 0.2) is 11.8 Å². The van der Waals surface area contributed by atoms with Crippen molar-refractivity contribution in [2.24, 2.45) is 10.7 Å². The largest absolute Gasteiger partial charge is 0.361 e. The summed E-state index contributed by atoms with van der Waals surface area (Å²) < 4.78 is 0. The lowest BCUT2D eigenvalue weighted by atomic mass is 9.97. The van der Waals surface area contributed by atoms with Crippen molar-refractivity contribution in [3.05, 3.63) is 102 Å². The number of hydrogen-bond donors (Lipinski definition) is 2. The second kappa shape index (κ2) is 8.48. The van der Waals surface area contributed by atoms with Gasteiger partial charge >= 0.3 is 0 Å². The highest BCUT2D eigenvalue weighted by atomic mass is 16.2. The van der Waals surface area contributed by atoms with Gasteiger partial charge in [0.25, 0.3) is 5.91 Å². The Labute approximate surface area is 191 Å². The predicted molar refractivity (Wildman–Crippen MR) is 131 cm³/mol. The fraction of sp³-hybridized carbons (Fsp3) is 0.148. The first-order chi connectivity index (χ1) is 16.0. The van der Waals surface area contributed by atoms with Gasteiger partial charge in [-0.3, -0.25) is 14.6 Å². The Bertz CT molecular complexity index is 1370. The van der Waals surface area contributed by atoms with Crippen LogP contribution in [0, 0.1) is 0 Å². The van der Waals surface area contributed by atoms with E-state index in [0.717, 1.165) is 27.6 Å². The Morgan fingerprint density at radius 2 is 1.73 bits per heavy atom. The second-order valence-corrected chi connectivity index (χ2v) is 8.23. The first kappa shape index (κ1) is 20.8. The molecule has 33 heavy (non-hydrogen) atoms. The number of hydrogen-bond acceptors (Lipinski definition) is 4. The lowest BCUT2D eigenvalue weighted by Crippen LogP contribution is -2.47. The van der Waals surface area contributed by atoms with Crippen LogP contribution < -0.4 is 10.6 Å². The van der Waals surface area contributed by atoms with Crippen molar-refractivity contribution < 1.29 is 9.59 Å². The van der Waals surface area contributed by atoms with E-state index in [0.29, 0.717) is 17.8 Å². The van der Waals surface area contributed by atoms with Gasteiger partial charge in [-0.15, -0.1) is 0 Å². The number of Topliss-reactive ketones (excluding diaryl/α,β-unsaturated/α-hetero) is 1. The number of aliphatic imine (C=N–C) groups is 1. The minimum atomic E-state index is -1.21. The number of nitrogens with two attached hydrogens (primary N) is 1. The van der Waals surface area contributed by atoms with Crippen LogP contribution in [0.3, 0.4) is 0 Å². The SMILES string of the molecule is CN1C(=O)C(C(=O)[C@@H](N)Cc2c[nH]c3ccccc23)N=C(c2ccccc2)c2ccccc21. The third-order valence-electron chi connectivity index (χ3n) is 6.14.